The fourth-order valence-corrected chi connectivity index (χ4v) is 2.65. The highest BCUT2D eigenvalue weighted by Crippen LogP contribution is 2.18. The molecule has 0 atom stereocenters. The second-order valence-corrected chi connectivity index (χ2v) is 5.83. The van der Waals surface area contributed by atoms with Crippen molar-refractivity contribution in [2.75, 3.05) is 5.43 Å². The van der Waals surface area contributed by atoms with Crippen LogP contribution < -0.4 is 16.0 Å². The number of nitrogens with one attached hydrogen (secondary N) is 2. The minimum Gasteiger partial charge on any atom is -0.444 e. The minimum atomic E-state index is -3.76. The Balaban J connectivity index is 2.19. The molecule has 8 nitrogen and oxygen atoms in total. The molecule has 0 aliphatic heterocycles. The van der Waals surface area contributed by atoms with Gasteiger partial charge in [-0.25, -0.2) is 18.1 Å². The molecule has 0 radical (unpaired) electrons. The van der Waals surface area contributed by atoms with Crippen molar-refractivity contribution >= 4 is 15.7 Å². The van der Waals surface area contributed by atoms with Crippen molar-refractivity contribution in [2.45, 2.75) is 25.3 Å². The number of rotatable bonds is 5. The van der Waals surface area contributed by atoms with E-state index in [1.807, 2.05) is 0 Å². The van der Waals surface area contributed by atoms with Gasteiger partial charge in [0.1, 0.15) is 10.7 Å². The fourth-order valence-electron chi connectivity index (χ4n) is 1.56. The third-order valence-corrected chi connectivity index (χ3v) is 4.14. The fraction of sp³-hybridized carbons (Fsp3) is 0.273. The molecule has 0 fully saturated rings. The average Bonchev–Trinajstić information content (AvgIpc) is 2.76. The van der Waals surface area contributed by atoms with E-state index in [2.05, 4.69) is 20.1 Å². The Bertz CT molecular complexity index is 691. The Morgan fingerprint density at radius 3 is 2.75 bits per heavy atom. The molecule has 108 valence electrons. The SMILES string of the molecule is Cc1nc(CNS(=O)(=O)c2cnccc2NN)oc1C. The molecule has 0 amide bonds. The van der Waals surface area contributed by atoms with Gasteiger partial charge in [0.25, 0.3) is 0 Å². The van der Waals surface area contributed by atoms with Gasteiger partial charge in [-0.15, -0.1) is 0 Å². The molecule has 0 aromatic carbocycles. The van der Waals surface area contributed by atoms with Crippen LogP contribution in [0.15, 0.2) is 27.8 Å². The molecule has 20 heavy (non-hydrogen) atoms. The Kier molecular flexibility index (Phi) is 4.02. The lowest BCUT2D eigenvalue weighted by molar-refractivity contribution is 0.463. The molecule has 0 aliphatic carbocycles. The van der Waals surface area contributed by atoms with E-state index in [1.165, 1.54) is 18.5 Å². The van der Waals surface area contributed by atoms with Gasteiger partial charge in [-0.1, -0.05) is 0 Å². The predicted molar refractivity (Wildman–Crippen MR) is 72.0 cm³/mol. The van der Waals surface area contributed by atoms with Gasteiger partial charge in [-0.05, 0) is 19.9 Å². The summed E-state index contributed by atoms with van der Waals surface area (Å²) in [5.41, 5.74) is 3.30. The van der Waals surface area contributed by atoms with Crippen LogP contribution in [0.5, 0.6) is 0 Å². The second kappa shape index (κ2) is 5.57. The summed E-state index contributed by atoms with van der Waals surface area (Å²) in [6, 6.07) is 1.47. The van der Waals surface area contributed by atoms with E-state index in [1.54, 1.807) is 13.8 Å². The van der Waals surface area contributed by atoms with Crippen LogP contribution in [0, 0.1) is 13.8 Å². The largest absolute Gasteiger partial charge is 0.444 e. The lowest BCUT2D eigenvalue weighted by Crippen LogP contribution is -2.25. The van der Waals surface area contributed by atoms with Crippen LogP contribution in [0.1, 0.15) is 17.3 Å². The lowest BCUT2D eigenvalue weighted by Gasteiger charge is -2.09. The first-order valence-electron chi connectivity index (χ1n) is 5.77. The first kappa shape index (κ1) is 14.4. The molecular formula is C11H15N5O3S. The van der Waals surface area contributed by atoms with Crippen LogP contribution in [-0.4, -0.2) is 18.4 Å². The predicted octanol–water partition coefficient (Wildman–Crippen LogP) is 0.451. The Morgan fingerprint density at radius 2 is 2.15 bits per heavy atom. The standard InChI is InChI=1S/C11H15N5O3S/c1-7-8(2)19-11(15-7)6-14-20(17,18)10-5-13-4-3-9(10)16-12/h3-5,14H,6,12H2,1-2H3,(H,13,16). The van der Waals surface area contributed by atoms with Crippen molar-refractivity contribution in [1.29, 1.82) is 0 Å². The Hall–Kier alpha value is -1.97. The Morgan fingerprint density at radius 1 is 1.40 bits per heavy atom. The molecule has 0 saturated heterocycles. The monoisotopic (exact) mass is 297 g/mol. The van der Waals surface area contributed by atoms with Crippen LogP contribution >= 0.6 is 0 Å². The molecule has 0 saturated carbocycles. The number of anilines is 1. The van der Waals surface area contributed by atoms with E-state index in [0.717, 1.165) is 5.69 Å². The maximum atomic E-state index is 12.2. The molecule has 0 spiro atoms. The highest BCUT2D eigenvalue weighted by molar-refractivity contribution is 7.89. The van der Waals surface area contributed by atoms with Gasteiger partial charge in [-0.2, -0.15) is 0 Å². The highest BCUT2D eigenvalue weighted by Gasteiger charge is 2.19. The molecule has 2 aromatic rings. The van der Waals surface area contributed by atoms with Crippen molar-refractivity contribution in [3.8, 4) is 0 Å². The van der Waals surface area contributed by atoms with Gasteiger partial charge in [0, 0.05) is 12.4 Å². The highest BCUT2D eigenvalue weighted by atomic mass is 32.2. The van der Waals surface area contributed by atoms with E-state index in [9.17, 15) is 8.42 Å². The molecule has 2 rings (SSSR count). The van der Waals surface area contributed by atoms with Crippen LogP contribution in [-0.2, 0) is 16.6 Å². The summed E-state index contributed by atoms with van der Waals surface area (Å²) in [4.78, 5) is 7.84. The molecule has 0 aliphatic rings. The number of aromatic nitrogens is 2. The van der Waals surface area contributed by atoms with Gasteiger partial charge in [-0.3, -0.25) is 10.8 Å². The van der Waals surface area contributed by atoms with Crippen molar-refractivity contribution < 1.29 is 12.8 Å². The molecule has 4 N–H and O–H groups in total. The first-order valence-corrected chi connectivity index (χ1v) is 7.25. The number of hydrazine groups is 1. The summed E-state index contributed by atoms with van der Waals surface area (Å²) < 4.78 is 32.0. The number of oxazole rings is 1. The molecule has 2 heterocycles. The number of nitrogens with zero attached hydrogens (tertiary/aromatic N) is 2. The van der Waals surface area contributed by atoms with Crippen molar-refractivity contribution in [3.05, 3.63) is 35.8 Å². The molecule has 0 unspecified atom stereocenters. The van der Waals surface area contributed by atoms with Crippen LogP contribution in [0.2, 0.25) is 0 Å². The van der Waals surface area contributed by atoms with E-state index in [-0.39, 0.29) is 17.1 Å². The summed E-state index contributed by atoms with van der Waals surface area (Å²) >= 11 is 0. The van der Waals surface area contributed by atoms with Gasteiger partial charge in [0.2, 0.25) is 15.9 Å². The molecule has 2 aromatic heterocycles. The van der Waals surface area contributed by atoms with Crippen molar-refractivity contribution in [1.82, 2.24) is 14.7 Å². The van der Waals surface area contributed by atoms with E-state index in [0.29, 0.717) is 11.7 Å². The smallest absolute Gasteiger partial charge is 0.244 e. The summed E-state index contributed by atoms with van der Waals surface area (Å²) in [6.07, 6.45) is 2.65. The first-order chi connectivity index (χ1) is 9.44. The van der Waals surface area contributed by atoms with Crippen molar-refractivity contribution in [2.24, 2.45) is 5.84 Å². The summed E-state index contributed by atoms with van der Waals surface area (Å²) in [5, 5.41) is 0. The third-order valence-electron chi connectivity index (χ3n) is 2.72. The molecule has 0 bridgehead atoms. The topological polar surface area (TPSA) is 123 Å². The van der Waals surface area contributed by atoms with E-state index >= 15 is 0 Å². The number of nitrogen functional groups attached to an aromatic ring is 1. The lowest BCUT2D eigenvalue weighted by atomic mass is 10.4. The molecular weight excluding hydrogens is 282 g/mol. The summed E-state index contributed by atoms with van der Waals surface area (Å²) in [6.45, 7) is 3.50. The van der Waals surface area contributed by atoms with Crippen LogP contribution in [0.25, 0.3) is 0 Å². The number of sulfonamides is 1. The number of hydrogen-bond acceptors (Lipinski definition) is 7. The normalized spacial score (nSPS) is 11.6. The maximum Gasteiger partial charge on any atom is 0.244 e. The van der Waals surface area contributed by atoms with Gasteiger partial charge >= 0.3 is 0 Å². The van der Waals surface area contributed by atoms with Gasteiger partial charge in [0.05, 0.1) is 17.9 Å². The summed E-state index contributed by atoms with van der Waals surface area (Å²) in [5.74, 6) is 6.23. The zero-order valence-corrected chi connectivity index (χ0v) is 11.9. The number of hydrogen-bond donors (Lipinski definition) is 3. The zero-order valence-electron chi connectivity index (χ0n) is 11.0. The number of pyridine rings is 1. The zero-order chi connectivity index (χ0) is 14.8. The quantitative estimate of drug-likeness (QED) is 0.540. The maximum absolute atomic E-state index is 12.2. The third kappa shape index (κ3) is 2.95. The van der Waals surface area contributed by atoms with Gasteiger partial charge in [0.15, 0.2) is 0 Å². The van der Waals surface area contributed by atoms with Crippen LogP contribution in [0.4, 0.5) is 5.69 Å². The van der Waals surface area contributed by atoms with E-state index in [4.69, 9.17) is 10.3 Å². The van der Waals surface area contributed by atoms with Gasteiger partial charge < -0.3 is 9.84 Å². The Labute approximate surface area is 116 Å². The van der Waals surface area contributed by atoms with Crippen LogP contribution in [0.3, 0.4) is 0 Å². The average molecular weight is 297 g/mol. The number of aryl methyl sites for hydroxylation is 2. The van der Waals surface area contributed by atoms with Crippen molar-refractivity contribution in [3.63, 3.8) is 0 Å². The minimum absolute atomic E-state index is 0.0394. The second-order valence-electron chi connectivity index (χ2n) is 4.09. The molecule has 9 heteroatoms. The number of nitrogens with two attached hydrogens (primary N) is 1. The summed E-state index contributed by atoms with van der Waals surface area (Å²) in [7, 11) is -3.76. The van der Waals surface area contributed by atoms with E-state index < -0.39 is 10.0 Å².